The monoisotopic (exact) mass is 241 g/mol. The lowest BCUT2D eigenvalue weighted by molar-refractivity contribution is -0.167. The highest BCUT2D eigenvalue weighted by Gasteiger charge is 2.51. The molecule has 0 fully saturated rings. The van der Waals surface area contributed by atoms with E-state index in [1.807, 2.05) is 41.5 Å². The maximum Gasteiger partial charge on any atom is 0.332 e. The Morgan fingerprint density at radius 2 is 1.94 bits per heavy atom. The molecule has 2 atom stereocenters. The number of esters is 1. The third kappa shape index (κ3) is 2.31. The Balaban J connectivity index is 3.22. The Morgan fingerprint density at radius 1 is 1.41 bits per heavy atom. The van der Waals surface area contributed by atoms with Crippen LogP contribution < -0.4 is 0 Å². The number of cyclic esters (lactones) is 1. The first kappa shape index (κ1) is 14.0. The van der Waals surface area contributed by atoms with Crippen LogP contribution in [0.5, 0.6) is 0 Å². The van der Waals surface area contributed by atoms with Crippen LogP contribution in [-0.4, -0.2) is 30.6 Å². The van der Waals surface area contributed by atoms with E-state index >= 15 is 0 Å². The molecule has 0 saturated carbocycles. The third-order valence-electron chi connectivity index (χ3n) is 3.47. The zero-order chi connectivity index (χ0) is 13.4. The number of hydrogen-bond acceptors (Lipinski definition) is 4. The van der Waals surface area contributed by atoms with Gasteiger partial charge < -0.3 is 9.47 Å². The summed E-state index contributed by atoms with van der Waals surface area (Å²) in [6, 6.07) is -0.458. The van der Waals surface area contributed by atoms with Gasteiger partial charge in [-0.3, -0.25) is 0 Å². The van der Waals surface area contributed by atoms with Crippen LogP contribution in [0.25, 0.3) is 0 Å². The van der Waals surface area contributed by atoms with Gasteiger partial charge in [-0.05, 0) is 12.8 Å². The lowest BCUT2D eigenvalue weighted by atomic mass is 9.76. The van der Waals surface area contributed by atoms with Crippen molar-refractivity contribution in [1.82, 2.24) is 0 Å². The van der Waals surface area contributed by atoms with Crippen molar-refractivity contribution in [3.63, 3.8) is 0 Å². The summed E-state index contributed by atoms with van der Waals surface area (Å²) >= 11 is 0. The van der Waals surface area contributed by atoms with E-state index in [1.165, 1.54) is 0 Å². The van der Waals surface area contributed by atoms with Crippen molar-refractivity contribution >= 4 is 11.9 Å². The van der Waals surface area contributed by atoms with Crippen molar-refractivity contribution < 1.29 is 14.3 Å². The molecule has 1 rings (SSSR count). The fourth-order valence-corrected chi connectivity index (χ4v) is 1.75. The molecule has 4 nitrogen and oxygen atoms in total. The van der Waals surface area contributed by atoms with Gasteiger partial charge in [-0.15, -0.1) is 0 Å². The molecule has 1 aliphatic heterocycles. The number of aliphatic imine (C=N–C) groups is 1. The molecule has 17 heavy (non-hydrogen) atoms. The van der Waals surface area contributed by atoms with Gasteiger partial charge in [0.25, 0.3) is 0 Å². The van der Waals surface area contributed by atoms with Gasteiger partial charge in [0.05, 0.1) is 7.11 Å². The van der Waals surface area contributed by atoms with E-state index in [0.29, 0.717) is 5.90 Å². The van der Waals surface area contributed by atoms with Crippen LogP contribution in [0.1, 0.15) is 41.5 Å². The number of hydrogen-bond donors (Lipinski definition) is 0. The Kier molecular flexibility index (Phi) is 3.55. The van der Waals surface area contributed by atoms with Crippen molar-refractivity contribution in [3.8, 4) is 0 Å². The molecule has 0 aromatic rings. The topological polar surface area (TPSA) is 47.9 Å². The van der Waals surface area contributed by atoms with Crippen LogP contribution in [-0.2, 0) is 14.3 Å². The number of rotatable bonds is 1. The molecule has 0 spiro atoms. The average molecular weight is 241 g/mol. The molecule has 0 N–H and O–H groups in total. The fourth-order valence-electron chi connectivity index (χ4n) is 1.75. The van der Waals surface area contributed by atoms with Crippen LogP contribution in [0.3, 0.4) is 0 Å². The maximum atomic E-state index is 12.0. The van der Waals surface area contributed by atoms with E-state index in [9.17, 15) is 4.79 Å². The number of methoxy groups -OCH3 is 1. The summed E-state index contributed by atoms with van der Waals surface area (Å²) in [6.45, 7) is 11.8. The molecule has 0 aromatic carbocycles. The van der Waals surface area contributed by atoms with Crippen LogP contribution in [0.4, 0.5) is 0 Å². The average Bonchev–Trinajstić information content (AvgIpc) is 2.15. The van der Waals surface area contributed by atoms with Gasteiger partial charge in [0.1, 0.15) is 0 Å². The van der Waals surface area contributed by atoms with Gasteiger partial charge in [0.2, 0.25) is 5.90 Å². The highest BCUT2D eigenvalue weighted by Crippen LogP contribution is 2.38. The standard InChI is InChI=1S/C13H23NO3/c1-8(2)9-10(15)17-13(6,12(3,4)5)11(14-9)16-7/h8-9H,1-7H3/t9-,13-/m1/s1. The minimum absolute atomic E-state index is 0.108. The lowest BCUT2D eigenvalue weighted by Crippen LogP contribution is -2.56. The molecule has 0 saturated heterocycles. The molecule has 1 heterocycles. The predicted octanol–water partition coefficient (Wildman–Crippen LogP) is 2.42. The number of nitrogens with zero attached hydrogens (tertiary/aromatic N) is 1. The third-order valence-corrected chi connectivity index (χ3v) is 3.47. The zero-order valence-corrected chi connectivity index (χ0v) is 11.8. The van der Waals surface area contributed by atoms with E-state index in [-0.39, 0.29) is 17.3 Å². The number of ether oxygens (including phenoxy) is 2. The Labute approximate surface area is 103 Å². The second kappa shape index (κ2) is 4.31. The number of carbonyl (C=O) groups is 1. The smallest absolute Gasteiger partial charge is 0.332 e. The normalized spacial score (nSPS) is 30.0. The summed E-state index contributed by atoms with van der Waals surface area (Å²) in [5.74, 6) is 0.346. The van der Waals surface area contributed by atoms with E-state index in [2.05, 4.69) is 4.99 Å². The van der Waals surface area contributed by atoms with Gasteiger partial charge >= 0.3 is 5.97 Å². The van der Waals surface area contributed by atoms with E-state index in [4.69, 9.17) is 9.47 Å². The van der Waals surface area contributed by atoms with Gasteiger partial charge in [-0.25, -0.2) is 9.79 Å². The zero-order valence-electron chi connectivity index (χ0n) is 11.8. The summed E-state index contributed by atoms with van der Waals surface area (Å²) in [4.78, 5) is 16.4. The van der Waals surface area contributed by atoms with Crippen LogP contribution >= 0.6 is 0 Å². The molecule has 1 aliphatic rings. The Hall–Kier alpha value is -1.06. The molecule has 0 unspecified atom stereocenters. The number of carbonyl (C=O) groups excluding carboxylic acids is 1. The van der Waals surface area contributed by atoms with Gasteiger partial charge in [0.15, 0.2) is 11.6 Å². The van der Waals surface area contributed by atoms with Crippen molar-refractivity contribution in [1.29, 1.82) is 0 Å². The van der Waals surface area contributed by atoms with Crippen molar-refractivity contribution in [2.24, 2.45) is 16.3 Å². The first-order valence-electron chi connectivity index (χ1n) is 5.98. The minimum Gasteiger partial charge on any atom is -0.481 e. The van der Waals surface area contributed by atoms with E-state index in [0.717, 1.165) is 0 Å². The molecule has 0 amide bonds. The molecule has 0 radical (unpaired) electrons. The SMILES string of the molecule is COC1=N[C@H](C(C)C)C(=O)O[C@@]1(C)C(C)(C)C. The summed E-state index contributed by atoms with van der Waals surface area (Å²) < 4.78 is 11.0. The van der Waals surface area contributed by atoms with Crippen molar-refractivity contribution in [3.05, 3.63) is 0 Å². The van der Waals surface area contributed by atoms with Crippen molar-refractivity contribution in [2.75, 3.05) is 7.11 Å². The molecule has 4 heteroatoms. The van der Waals surface area contributed by atoms with Crippen LogP contribution in [0.2, 0.25) is 0 Å². The fraction of sp³-hybridized carbons (Fsp3) is 0.846. The molecular formula is C13H23NO3. The predicted molar refractivity (Wildman–Crippen MR) is 67.0 cm³/mol. The highest BCUT2D eigenvalue weighted by molar-refractivity contribution is 5.94. The highest BCUT2D eigenvalue weighted by atomic mass is 16.6. The van der Waals surface area contributed by atoms with Gasteiger partial charge in [-0.1, -0.05) is 34.6 Å². The quantitative estimate of drug-likeness (QED) is 0.662. The molecule has 0 aliphatic carbocycles. The summed E-state index contributed by atoms with van der Waals surface area (Å²) in [5.41, 5.74) is -1.07. The Morgan fingerprint density at radius 3 is 2.29 bits per heavy atom. The molecular weight excluding hydrogens is 218 g/mol. The van der Waals surface area contributed by atoms with Gasteiger partial charge in [-0.2, -0.15) is 0 Å². The molecule has 0 aromatic heterocycles. The first-order valence-corrected chi connectivity index (χ1v) is 5.98. The second-order valence-electron chi connectivity index (χ2n) is 6.03. The first-order chi connectivity index (χ1) is 7.63. The second-order valence-corrected chi connectivity index (χ2v) is 6.03. The van der Waals surface area contributed by atoms with E-state index < -0.39 is 11.6 Å². The van der Waals surface area contributed by atoms with Gasteiger partial charge in [0, 0.05) is 5.41 Å². The van der Waals surface area contributed by atoms with Crippen LogP contribution in [0.15, 0.2) is 4.99 Å². The molecule has 0 bridgehead atoms. The maximum absolute atomic E-state index is 12.0. The van der Waals surface area contributed by atoms with Crippen molar-refractivity contribution in [2.45, 2.75) is 53.2 Å². The minimum atomic E-state index is -0.801. The molecule has 98 valence electrons. The lowest BCUT2D eigenvalue weighted by Gasteiger charge is -2.44. The Bertz CT molecular complexity index is 341. The summed E-state index contributed by atoms with van der Waals surface area (Å²) in [5, 5.41) is 0. The largest absolute Gasteiger partial charge is 0.481 e. The van der Waals surface area contributed by atoms with Crippen LogP contribution in [0, 0.1) is 11.3 Å². The van der Waals surface area contributed by atoms with E-state index in [1.54, 1.807) is 7.11 Å². The summed E-state index contributed by atoms with van der Waals surface area (Å²) in [7, 11) is 1.57. The summed E-state index contributed by atoms with van der Waals surface area (Å²) in [6.07, 6.45) is 0.